The molecule has 1 aliphatic heterocycles. The van der Waals surface area contributed by atoms with Crippen LogP contribution in [0.25, 0.3) is 0 Å². The van der Waals surface area contributed by atoms with Crippen molar-refractivity contribution in [3.8, 4) is 11.5 Å². The van der Waals surface area contributed by atoms with E-state index in [1.165, 1.54) is 7.11 Å². The molecule has 4 nitrogen and oxygen atoms in total. The maximum atomic E-state index is 11.9. The van der Waals surface area contributed by atoms with Crippen LogP contribution in [-0.4, -0.2) is 29.7 Å². The van der Waals surface area contributed by atoms with Gasteiger partial charge in [-0.25, -0.2) is 0 Å². The van der Waals surface area contributed by atoms with E-state index in [-0.39, 0.29) is 5.78 Å². The van der Waals surface area contributed by atoms with Crippen molar-refractivity contribution in [3.63, 3.8) is 0 Å². The third kappa shape index (κ3) is 1.55. The summed E-state index contributed by atoms with van der Waals surface area (Å²) in [5, 5.41) is 9.80. The van der Waals surface area contributed by atoms with Gasteiger partial charge < -0.3 is 14.6 Å². The summed E-state index contributed by atoms with van der Waals surface area (Å²) in [5.74, 6) is 0.730. The first-order chi connectivity index (χ1) is 7.45. The highest BCUT2D eigenvalue weighted by Crippen LogP contribution is 2.35. The molecule has 0 radical (unpaired) electrons. The topological polar surface area (TPSA) is 55.8 Å². The highest BCUT2D eigenvalue weighted by Gasteiger charge is 2.42. The van der Waals surface area contributed by atoms with Crippen LogP contribution in [-0.2, 0) is 0 Å². The monoisotopic (exact) mass is 222 g/mol. The maximum Gasteiger partial charge on any atom is 0.199 e. The Morgan fingerprint density at radius 2 is 2.12 bits per heavy atom. The Morgan fingerprint density at radius 1 is 1.44 bits per heavy atom. The minimum absolute atomic E-state index is 0.329. The first kappa shape index (κ1) is 11.0. The molecule has 4 heteroatoms. The fourth-order valence-corrected chi connectivity index (χ4v) is 1.72. The van der Waals surface area contributed by atoms with Crippen molar-refractivity contribution in [1.29, 1.82) is 0 Å². The van der Waals surface area contributed by atoms with Crippen molar-refractivity contribution in [2.75, 3.05) is 7.11 Å². The van der Waals surface area contributed by atoms with Crippen molar-refractivity contribution in [3.05, 3.63) is 23.8 Å². The minimum Gasteiger partial charge on any atom is -0.497 e. The highest BCUT2D eigenvalue weighted by molar-refractivity contribution is 6.03. The molecule has 86 valence electrons. The molecular formula is C12H14O4. The molecule has 0 amide bonds. The number of aliphatic hydroxyl groups excluding tert-OH is 1. The summed E-state index contributed by atoms with van der Waals surface area (Å²) in [6.45, 7) is 3.37. The Bertz CT molecular complexity index is 437. The average molecular weight is 222 g/mol. The number of ketones is 1. The van der Waals surface area contributed by atoms with Gasteiger partial charge in [0.15, 0.2) is 11.9 Å². The van der Waals surface area contributed by atoms with Crippen molar-refractivity contribution >= 4 is 5.78 Å². The normalized spacial score (nSPS) is 22.2. The lowest BCUT2D eigenvalue weighted by molar-refractivity contribution is -0.0249. The van der Waals surface area contributed by atoms with Crippen LogP contribution in [0.1, 0.15) is 24.2 Å². The number of rotatable bonds is 1. The van der Waals surface area contributed by atoms with Gasteiger partial charge in [0.2, 0.25) is 0 Å². The van der Waals surface area contributed by atoms with Crippen molar-refractivity contribution in [2.45, 2.75) is 25.6 Å². The largest absolute Gasteiger partial charge is 0.497 e. The van der Waals surface area contributed by atoms with E-state index < -0.39 is 11.7 Å². The lowest BCUT2D eigenvalue weighted by atomic mass is 9.90. The molecule has 0 fully saturated rings. The van der Waals surface area contributed by atoms with Crippen LogP contribution in [0.3, 0.4) is 0 Å². The zero-order valence-electron chi connectivity index (χ0n) is 9.48. The molecule has 16 heavy (non-hydrogen) atoms. The van der Waals surface area contributed by atoms with Gasteiger partial charge in [-0.1, -0.05) is 0 Å². The quantitative estimate of drug-likeness (QED) is 0.780. The fourth-order valence-electron chi connectivity index (χ4n) is 1.72. The smallest absolute Gasteiger partial charge is 0.199 e. The number of fused-ring (bicyclic) bond motifs is 1. The van der Waals surface area contributed by atoms with Crippen molar-refractivity contribution in [2.24, 2.45) is 0 Å². The third-order valence-corrected chi connectivity index (χ3v) is 2.73. The Morgan fingerprint density at radius 3 is 2.75 bits per heavy atom. The third-order valence-electron chi connectivity index (χ3n) is 2.73. The molecule has 1 aliphatic rings. The van der Waals surface area contributed by atoms with Crippen LogP contribution < -0.4 is 9.47 Å². The van der Waals surface area contributed by atoms with E-state index in [9.17, 15) is 9.90 Å². The summed E-state index contributed by atoms with van der Waals surface area (Å²) in [7, 11) is 1.52. The first-order valence-corrected chi connectivity index (χ1v) is 5.05. The Hall–Kier alpha value is -1.55. The summed E-state index contributed by atoms with van der Waals surface area (Å²) in [4.78, 5) is 11.9. The molecule has 2 rings (SSSR count). The molecule has 0 aromatic heterocycles. The number of hydrogen-bond acceptors (Lipinski definition) is 4. The number of hydrogen-bond donors (Lipinski definition) is 1. The van der Waals surface area contributed by atoms with Crippen LogP contribution in [0.2, 0.25) is 0 Å². The molecule has 0 saturated heterocycles. The molecule has 1 N–H and O–H groups in total. The average Bonchev–Trinajstić information content (AvgIpc) is 2.25. The predicted octanol–water partition coefficient (Wildman–Crippen LogP) is 1.41. The second kappa shape index (κ2) is 3.49. The Kier molecular flexibility index (Phi) is 2.39. The van der Waals surface area contributed by atoms with Crippen LogP contribution in [0.4, 0.5) is 0 Å². The second-order valence-electron chi connectivity index (χ2n) is 4.33. The van der Waals surface area contributed by atoms with Gasteiger partial charge in [0.25, 0.3) is 0 Å². The standard InChI is InChI=1S/C12H14O4/c1-12(2)11(14)10(13)8-6-7(15-3)4-5-9(8)16-12/h4-6,11,14H,1-3H3. The van der Waals surface area contributed by atoms with Crippen LogP contribution >= 0.6 is 0 Å². The summed E-state index contributed by atoms with van der Waals surface area (Å²) < 4.78 is 10.6. The number of carbonyl (C=O) groups excluding carboxylic acids is 1. The molecule has 1 aromatic rings. The van der Waals surface area contributed by atoms with E-state index >= 15 is 0 Å². The number of Topliss-reactive ketones (excluding diaryl/α,β-unsaturated/α-hetero) is 1. The number of benzene rings is 1. The summed E-state index contributed by atoms with van der Waals surface area (Å²) in [6, 6.07) is 4.98. The summed E-state index contributed by atoms with van der Waals surface area (Å²) in [5.41, 5.74) is -0.523. The van der Waals surface area contributed by atoms with E-state index in [1.807, 2.05) is 0 Å². The summed E-state index contributed by atoms with van der Waals surface area (Å²) >= 11 is 0. The van der Waals surface area contributed by atoms with Gasteiger partial charge >= 0.3 is 0 Å². The molecule has 1 aromatic carbocycles. The van der Waals surface area contributed by atoms with Gasteiger partial charge in [0.1, 0.15) is 17.1 Å². The summed E-state index contributed by atoms with van der Waals surface area (Å²) in [6.07, 6.45) is -1.15. The molecule has 1 unspecified atom stereocenters. The SMILES string of the molecule is COc1ccc2c(c1)C(=O)C(O)C(C)(C)O2. The number of methoxy groups -OCH3 is 1. The molecule has 0 saturated carbocycles. The van der Waals surface area contributed by atoms with Gasteiger partial charge in [0, 0.05) is 0 Å². The number of ether oxygens (including phenoxy) is 2. The van der Waals surface area contributed by atoms with E-state index in [1.54, 1.807) is 32.0 Å². The van der Waals surface area contributed by atoms with Gasteiger partial charge in [-0.05, 0) is 32.0 Å². The van der Waals surface area contributed by atoms with E-state index in [0.29, 0.717) is 17.1 Å². The fraction of sp³-hybridized carbons (Fsp3) is 0.417. The molecule has 0 bridgehead atoms. The maximum absolute atomic E-state index is 11.9. The zero-order valence-corrected chi connectivity index (χ0v) is 9.48. The van der Waals surface area contributed by atoms with E-state index in [2.05, 4.69) is 0 Å². The molecule has 1 heterocycles. The Balaban J connectivity index is 2.51. The first-order valence-electron chi connectivity index (χ1n) is 5.05. The van der Waals surface area contributed by atoms with Gasteiger partial charge in [-0.2, -0.15) is 0 Å². The van der Waals surface area contributed by atoms with Gasteiger partial charge in [-0.3, -0.25) is 4.79 Å². The van der Waals surface area contributed by atoms with E-state index in [0.717, 1.165) is 0 Å². The highest BCUT2D eigenvalue weighted by atomic mass is 16.5. The van der Waals surface area contributed by atoms with Crippen LogP contribution in [0.15, 0.2) is 18.2 Å². The van der Waals surface area contributed by atoms with E-state index in [4.69, 9.17) is 9.47 Å². The van der Waals surface area contributed by atoms with Crippen LogP contribution in [0.5, 0.6) is 11.5 Å². The molecule has 0 aliphatic carbocycles. The second-order valence-corrected chi connectivity index (χ2v) is 4.33. The van der Waals surface area contributed by atoms with Gasteiger partial charge in [-0.15, -0.1) is 0 Å². The lowest BCUT2D eigenvalue weighted by Crippen LogP contribution is -2.50. The Labute approximate surface area is 93.8 Å². The molecule has 0 spiro atoms. The molecular weight excluding hydrogens is 208 g/mol. The van der Waals surface area contributed by atoms with Crippen LogP contribution in [0, 0.1) is 0 Å². The predicted molar refractivity (Wildman–Crippen MR) is 58.0 cm³/mol. The molecule has 1 atom stereocenters. The van der Waals surface area contributed by atoms with Gasteiger partial charge in [0.05, 0.1) is 12.7 Å². The van der Waals surface area contributed by atoms with Crippen molar-refractivity contribution < 1.29 is 19.4 Å². The number of carbonyl (C=O) groups is 1. The van der Waals surface area contributed by atoms with Crippen molar-refractivity contribution in [1.82, 2.24) is 0 Å². The number of aliphatic hydroxyl groups is 1. The minimum atomic E-state index is -1.15. The zero-order chi connectivity index (χ0) is 11.9. The lowest BCUT2D eigenvalue weighted by Gasteiger charge is -2.35.